The van der Waals surface area contributed by atoms with E-state index in [0.29, 0.717) is 33.5 Å². The maximum Gasteiger partial charge on any atom is 0.419 e. The molecule has 2 aromatic carbocycles. The summed E-state index contributed by atoms with van der Waals surface area (Å²) in [5.41, 5.74) is 1.80. The van der Waals surface area contributed by atoms with E-state index >= 15 is 0 Å². The molecule has 1 amide bonds. The molecule has 4 aromatic rings. The first-order valence-electron chi connectivity index (χ1n) is 9.89. The molecule has 9 heteroatoms. The van der Waals surface area contributed by atoms with Crippen molar-refractivity contribution in [1.29, 1.82) is 0 Å². The van der Waals surface area contributed by atoms with E-state index in [9.17, 15) is 9.59 Å². The standard InChI is InChI=1S/C22H21ClN4O4/c1-14(2)27(13-19-24-25-21(31-19)15-7-3-4-8-16(15)23)20(28)11-12-26-17-9-5-6-10-18(17)30-22(26)29/h3-10,14H,11-13H2,1-2H3. The molecule has 2 aromatic heterocycles. The van der Waals surface area contributed by atoms with E-state index < -0.39 is 5.76 Å². The Labute approximate surface area is 183 Å². The van der Waals surface area contributed by atoms with Crippen molar-refractivity contribution in [2.75, 3.05) is 0 Å². The monoisotopic (exact) mass is 440 g/mol. The molecule has 0 aliphatic heterocycles. The van der Waals surface area contributed by atoms with E-state index in [1.807, 2.05) is 32.0 Å². The SMILES string of the molecule is CC(C)N(Cc1nnc(-c2ccccc2Cl)o1)C(=O)CCn1c(=O)oc2ccccc21. The quantitative estimate of drug-likeness (QED) is 0.429. The minimum atomic E-state index is -0.480. The Balaban J connectivity index is 1.48. The van der Waals surface area contributed by atoms with Crippen molar-refractivity contribution < 1.29 is 13.6 Å². The molecule has 0 unspecified atom stereocenters. The van der Waals surface area contributed by atoms with Crippen LogP contribution in [0.5, 0.6) is 0 Å². The average Bonchev–Trinajstić information content (AvgIpc) is 3.34. The third kappa shape index (κ3) is 4.39. The van der Waals surface area contributed by atoms with Gasteiger partial charge in [0.05, 0.1) is 22.6 Å². The summed E-state index contributed by atoms with van der Waals surface area (Å²) in [6.07, 6.45) is 0.132. The van der Waals surface area contributed by atoms with Crippen LogP contribution in [0.2, 0.25) is 5.02 Å². The van der Waals surface area contributed by atoms with Gasteiger partial charge >= 0.3 is 5.76 Å². The Bertz CT molecular complexity index is 1270. The van der Waals surface area contributed by atoms with Gasteiger partial charge in [0.2, 0.25) is 17.7 Å². The number of hydrogen-bond acceptors (Lipinski definition) is 6. The third-order valence-corrected chi connectivity index (χ3v) is 5.27. The highest BCUT2D eigenvalue weighted by Gasteiger charge is 2.22. The third-order valence-electron chi connectivity index (χ3n) is 4.94. The van der Waals surface area contributed by atoms with E-state index in [1.165, 1.54) is 4.57 Å². The molecule has 0 aliphatic carbocycles. The number of para-hydroxylation sites is 2. The lowest BCUT2D eigenvalue weighted by Gasteiger charge is -2.25. The Morgan fingerprint density at radius 2 is 1.84 bits per heavy atom. The Morgan fingerprint density at radius 1 is 1.10 bits per heavy atom. The lowest BCUT2D eigenvalue weighted by Crippen LogP contribution is -2.37. The number of aryl methyl sites for hydroxylation is 1. The molecule has 4 rings (SSSR count). The molecule has 8 nitrogen and oxygen atoms in total. The smallest absolute Gasteiger partial charge is 0.419 e. The molecule has 0 N–H and O–H groups in total. The summed E-state index contributed by atoms with van der Waals surface area (Å²) in [5, 5.41) is 8.63. The maximum atomic E-state index is 12.9. The van der Waals surface area contributed by atoms with Gasteiger partial charge in [0.25, 0.3) is 0 Å². The summed E-state index contributed by atoms with van der Waals surface area (Å²) in [7, 11) is 0. The topological polar surface area (TPSA) is 94.4 Å². The molecular weight excluding hydrogens is 420 g/mol. The van der Waals surface area contributed by atoms with Gasteiger partial charge in [0.15, 0.2) is 5.58 Å². The van der Waals surface area contributed by atoms with Gasteiger partial charge in [-0.25, -0.2) is 4.79 Å². The molecule has 0 spiro atoms. The first kappa shape index (κ1) is 20.9. The van der Waals surface area contributed by atoms with Crippen LogP contribution >= 0.6 is 11.6 Å². The lowest BCUT2D eigenvalue weighted by molar-refractivity contribution is -0.134. The van der Waals surface area contributed by atoms with Gasteiger partial charge in [-0.15, -0.1) is 10.2 Å². The molecule has 160 valence electrons. The van der Waals surface area contributed by atoms with Gasteiger partial charge in [-0.05, 0) is 38.1 Å². The fourth-order valence-corrected chi connectivity index (χ4v) is 3.56. The Hall–Kier alpha value is -3.39. The van der Waals surface area contributed by atoms with Crippen LogP contribution < -0.4 is 5.76 Å². The second kappa shape index (κ2) is 8.77. The number of nitrogens with zero attached hydrogens (tertiary/aromatic N) is 4. The van der Waals surface area contributed by atoms with Crippen LogP contribution in [-0.2, 0) is 17.9 Å². The van der Waals surface area contributed by atoms with Crippen LogP contribution in [0.4, 0.5) is 0 Å². The van der Waals surface area contributed by atoms with Crippen molar-refractivity contribution in [2.24, 2.45) is 0 Å². The highest BCUT2D eigenvalue weighted by atomic mass is 35.5. The van der Waals surface area contributed by atoms with Crippen LogP contribution in [-0.4, -0.2) is 31.6 Å². The lowest BCUT2D eigenvalue weighted by atomic mass is 10.2. The molecule has 0 atom stereocenters. The average molecular weight is 441 g/mol. The van der Waals surface area contributed by atoms with Gasteiger partial charge < -0.3 is 13.7 Å². The second-order valence-electron chi connectivity index (χ2n) is 7.33. The zero-order chi connectivity index (χ0) is 22.0. The highest BCUT2D eigenvalue weighted by Crippen LogP contribution is 2.26. The predicted molar refractivity (Wildman–Crippen MR) is 116 cm³/mol. The number of benzene rings is 2. The maximum absolute atomic E-state index is 12.9. The van der Waals surface area contributed by atoms with E-state index in [-0.39, 0.29) is 31.5 Å². The van der Waals surface area contributed by atoms with Crippen LogP contribution in [0.1, 0.15) is 26.2 Å². The molecule has 0 bridgehead atoms. The van der Waals surface area contributed by atoms with Crippen molar-refractivity contribution in [1.82, 2.24) is 19.7 Å². The normalized spacial score (nSPS) is 11.4. The van der Waals surface area contributed by atoms with Crippen molar-refractivity contribution in [3.8, 4) is 11.5 Å². The number of carbonyl (C=O) groups excluding carboxylic acids is 1. The van der Waals surface area contributed by atoms with Gasteiger partial charge in [0, 0.05) is 19.0 Å². The van der Waals surface area contributed by atoms with Crippen molar-refractivity contribution in [3.05, 3.63) is 70.0 Å². The highest BCUT2D eigenvalue weighted by molar-refractivity contribution is 6.33. The number of halogens is 1. The summed E-state index contributed by atoms with van der Waals surface area (Å²) < 4.78 is 12.4. The number of rotatable bonds is 7. The molecule has 0 saturated heterocycles. The van der Waals surface area contributed by atoms with Crippen molar-refractivity contribution in [3.63, 3.8) is 0 Å². The Kier molecular flexibility index (Phi) is 5.90. The van der Waals surface area contributed by atoms with Crippen molar-refractivity contribution >= 4 is 28.6 Å². The largest absolute Gasteiger partial charge is 0.419 e. The minimum absolute atomic E-state index is 0.0963. The second-order valence-corrected chi connectivity index (χ2v) is 7.74. The summed E-state index contributed by atoms with van der Waals surface area (Å²) >= 11 is 6.19. The molecular formula is C22H21ClN4O4. The van der Waals surface area contributed by atoms with E-state index in [2.05, 4.69) is 10.2 Å². The molecule has 31 heavy (non-hydrogen) atoms. The first-order chi connectivity index (χ1) is 14.9. The number of hydrogen-bond donors (Lipinski definition) is 0. The fourth-order valence-electron chi connectivity index (χ4n) is 3.34. The van der Waals surface area contributed by atoms with Gasteiger partial charge in [-0.2, -0.15) is 0 Å². The number of aromatic nitrogens is 3. The number of amides is 1. The van der Waals surface area contributed by atoms with E-state index in [1.54, 1.807) is 35.2 Å². The number of carbonyl (C=O) groups is 1. The summed E-state index contributed by atoms with van der Waals surface area (Å²) in [6, 6.07) is 14.2. The molecule has 0 radical (unpaired) electrons. The number of fused-ring (bicyclic) bond motifs is 1. The summed E-state index contributed by atoms with van der Waals surface area (Å²) in [4.78, 5) is 26.7. The number of oxazole rings is 1. The van der Waals surface area contributed by atoms with Gasteiger partial charge in [-0.1, -0.05) is 35.9 Å². The minimum Gasteiger partial charge on any atom is -0.419 e. The van der Waals surface area contributed by atoms with E-state index in [0.717, 1.165) is 0 Å². The molecule has 0 saturated carbocycles. The fraction of sp³-hybridized carbons (Fsp3) is 0.273. The van der Waals surface area contributed by atoms with Crippen LogP contribution in [0, 0.1) is 0 Å². The van der Waals surface area contributed by atoms with Crippen molar-refractivity contribution in [2.45, 2.75) is 39.4 Å². The van der Waals surface area contributed by atoms with Crippen LogP contribution in [0.25, 0.3) is 22.6 Å². The summed E-state index contributed by atoms with van der Waals surface area (Å²) in [5.74, 6) is -0.00729. The van der Waals surface area contributed by atoms with E-state index in [4.69, 9.17) is 20.4 Å². The molecule has 0 fully saturated rings. The van der Waals surface area contributed by atoms with Crippen LogP contribution in [0.3, 0.4) is 0 Å². The molecule has 0 aliphatic rings. The van der Waals surface area contributed by atoms with Gasteiger partial charge in [-0.3, -0.25) is 9.36 Å². The Morgan fingerprint density at radius 3 is 2.61 bits per heavy atom. The van der Waals surface area contributed by atoms with Crippen LogP contribution in [0.15, 0.2) is 62.2 Å². The van der Waals surface area contributed by atoms with Gasteiger partial charge in [0.1, 0.15) is 0 Å². The molecule has 2 heterocycles. The zero-order valence-electron chi connectivity index (χ0n) is 17.1. The first-order valence-corrected chi connectivity index (χ1v) is 10.3. The summed E-state index contributed by atoms with van der Waals surface area (Å²) in [6.45, 7) is 4.19. The zero-order valence-corrected chi connectivity index (χ0v) is 17.9. The predicted octanol–water partition coefficient (Wildman–Crippen LogP) is 4.13.